The Bertz CT molecular complexity index is 1300. The molecule has 1 aromatic carbocycles. The number of amides is 1. The van der Waals surface area contributed by atoms with Crippen molar-refractivity contribution in [3.63, 3.8) is 0 Å². The lowest BCUT2D eigenvalue weighted by Gasteiger charge is -2.26. The van der Waals surface area contributed by atoms with E-state index in [4.69, 9.17) is 4.74 Å². The van der Waals surface area contributed by atoms with Gasteiger partial charge in [-0.2, -0.15) is 0 Å². The van der Waals surface area contributed by atoms with Gasteiger partial charge in [0, 0.05) is 16.8 Å². The first-order chi connectivity index (χ1) is 15.2. The Morgan fingerprint density at radius 1 is 1.25 bits per heavy atom. The summed E-state index contributed by atoms with van der Waals surface area (Å²) in [7, 11) is -2.85. The summed E-state index contributed by atoms with van der Waals surface area (Å²) in [5.74, 6) is -0.998. The number of hydrogen-bond acceptors (Lipinski definition) is 9. The number of methoxy groups -OCH3 is 1. The number of aryl methyl sites for hydroxylation is 1. The van der Waals surface area contributed by atoms with E-state index in [0.29, 0.717) is 29.1 Å². The van der Waals surface area contributed by atoms with Gasteiger partial charge in [0.25, 0.3) is 15.9 Å². The van der Waals surface area contributed by atoms with Gasteiger partial charge in [0.1, 0.15) is 0 Å². The number of nitrogens with zero attached hydrogens (tertiary/aromatic N) is 3. The van der Waals surface area contributed by atoms with E-state index >= 15 is 0 Å². The fraction of sp³-hybridized carbons (Fsp3) is 0.300. The molecule has 3 aromatic rings. The van der Waals surface area contributed by atoms with Crippen LogP contribution in [0, 0.1) is 13.8 Å². The number of aromatic nitrogens is 2. The Hall–Kier alpha value is -2.83. The molecule has 32 heavy (non-hydrogen) atoms. The Morgan fingerprint density at radius 3 is 2.72 bits per heavy atom. The summed E-state index contributed by atoms with van der Waals surface area (Å²) in [5.41, 5.74) is 3.06. The molecule has 0 radical (unpaired) electrons. The van der Waals surface area contributed by atoms with Crippen molar-refractivity contribution in [2.24, 2.45) is 0 Å². The van der Waals surface area contributed by atoms with Crippen molar-refractivity contribution in [3.8, 4) is 0 Å². The van der Waals surface area contributed by atoms with Crippen molar-refractivity contribution in [1.29, 1.82) is 0 Å². The summed E-state index contributed by atoms with van der Waals surface area (Å²) >= 11 is 2.06. The predicted molar refractivity (Wildman–Crippen MR) is 121 cm³/mol. The average Bonchev–Trinajstić information content (AvgIpc) is 3.43. The second-order valence-corrected chi connectivity index (χ2v) is 10.9. The quantitative estimate of drug-likeness (QED) is 0.544. The number of ether oxygens (including phenoxy) is 1. The number of rotatable bonds is 5. The summed E-state index contributed by atoms with van der Waals surface area (Å²) in [5, 5.41) is 5.38. The normalized spacial score (nSPS) is 13.5. The minimum Gasteiger partial charge on any atom is -0.465 e. The van der Waals surface area contributed by atoms with Gasteiger partial charge in [-0.15, -0.1) is 16.4 Å². The molecule has 4 rings (SSSR count). The van der Waals surface area contributed by atoms with Crippen molar-refractivity contribution in [2.75, 3.05) is 18.4 Å². The molecule has 2 aromatic heterocycles. The first-order valence-electron chi connectivity index (χ1n) is 9.61. The van der Waals surface area contributed by atoms with E-state index in [-0.39, 0.29) is 27.9 Å². The third-order valence-corrected chi connectivity index (χ3v) is 8.98. The highest BCUT2D eigenvalue weighted by Crippen LogP contribution is 2.38. The number of carbonyl (C=O) groups excluding carboxylic acids is 2. The maximum atomic E-state index is 13.3. The summed E-state index contributed by atoms with van der Waals surface area (Å²) in [6.07, 6.45) is 0.332. The summed E-state index contributed by atoms with van der Waals surface area (Å²) in [4.78, 5) is 27.5. The molecule has 0 saturated carbocycles. The fourth-order valence-corrected chi connectivity index (χ4v) is 6.98. The highest BCUT2D eigenvalue weighted by molar-refractivity contribution is 7.94. The Labute approximate surface area is 193 Å². The van der Waals surface area contributed by atoms with Crippen molar-refractivity contribution in [2.45, 2.75) is 31.0 Å². The van der Waals surface area contributed by atoms with Crippen LogP contribution >= 0.6 is 22.9 Å². The molecular formula is C20H20N4O5S3. The molecule has 168 valence electrons. The summed E-state index contributed by atoms with van der Waals surface area (Å²) in [6, 6.07) is 5.32. The molecule has 0 atom stereocenters. The van der Waals surface area contributed by atoms with Gasteiger partial charge >= 0.3 is 5.97 Å². The maximum Gasteiger partial charge on any atom is 0.340 e. The van der Waals surface area contributed by atoms with Crippen LogP contribution < -0.4 is 4.72 Å². The van der Waals surface area contributed by atoms with Gasteiger partial charge in [-0.3, -0.25) is 9.52 Å². The number of fused-ring (bicyclic) bond motifs is 1. The largest absolute Gasteiger partial charge is 0.465 e. The topological polar surface area (TPSA) is 119 Å². The summed E-state index contributed by atoms with van der Waals surface area (Å²) < 4.78 is 37.8. The van der Waals surface area contributed by atoms with Crippen molar-refractivity contribution in [3.05, 3.63) is 56.4 Å². The number of anilines is 1. The number of carbonyl (C=O) groups is 2. The summed E-state index contributed by atoms with van der Waals surface area (Å²) in [6.45, 7) is 4.22. The molecule has 12 heteroatoms. The molecule has 0 saturated heterocycles. The first kappa shape index (κ1) is 22.4. The highest BCUT2D eigenvalue weighted by Gasteiger charge is 2.35. The monoisotopic (exact) mass is 492 g/mol. The Balaban J connectivity index is 1.73. The average molecular weight is 493 g/mol. The zero-order valence-electron chi connectivity index (χ0n) is 17.5. The van der Waals surface area contributed by atoms with Crippen LogP contribution in [0.2, 0.25) is 0 Å². The van der Waals surface area contributed by atoms with Gasteiger partial charge in [0.15, 0.2) is 9.90 Å². The van der Waals surface area contributed by atoms with E-state index in [0.717, 1.165) is 34.0 Å². The first-order valence-corrected chi connectivity index (χ1v) is 12.7. The number of sulfonamides is 1. The van der Waals surface area contributed by atoms with Gasteiger partial charge in [0.2, 0.25) is 0 Å². The van der Waals surface area contributed by atoms with E-state index in [1.165, 1.54) is 7.11 Å². The van der Waals surface area contributed by atoms with Gasteiger partial charge in [0.05, 0.1) is 24.9 Å². The molecule has 0 unspecified atom stereocenters. The highest BCUT2D eigenvalue weighted by atomic mass is 32.2. The molecule has 1 N–H and O–H groups in total. The minimum absolute atomic E-state index is 0.0349. The Morgan fingerprint density at radius 2 is 2.03 bits per heavy atom. The molecule has 1 amide bonds. The van der Waals surface area contributed by atoms with E-state index < -0.39 is 16.0 Å². The zero-order valence-corrected chi connectivity index (χ0v) is 20.0. The number of benzene rings is 1. The Kier molecular flexibility index (Phi) is 6.01. The van der Waals surface area contributed by atoms with Gasteiger partial charge < -0.3 is 9.64 Å². The van der Waals surface area contributed by atoms with Crippen LogP contribution in [0.1, 0.15) is 42.4 Å². The van der Waals surface area contributed by atoms with Gasteiger partial charge in [-0.25, -0.2) is 13.2 Å². The molecular weight excluding hydrogens is 472 g/mol. The maximum absolute atomic E-state index is 13.3. The van der Waals surface area contributed by atoms with E-state index in [1.807, 2.05) is 19.9 Å². The standard InChI is InChI=1S/C20H20N4O5S3/c1-11-5-4-6-14(12(11)2)22-32(27,28)20-17(19(26)29-3)13-7-8-24(9-16(13)31-20)18(25)15-10-30-23-21-15/h4-6,10,22H,7-9H2,1-3H3. The van der Waals surface area contributed by atoms with Gasteiger partial charge in [-0.1, -0.05) is 16.6 Å². The molecule has 0 aliphatic carbocycles. The molecule has 1 aliphatic rings. The smallest absolute Gasteiger partial charge is 0.340 e. The van der Waals surface area contributed by atoms with E-state index in [1.54, 1.807) is 22.4 Å². The molecule has 0 bridgehead atoms. The van der Waals surface area contributed by atoms with E-state index in [2.05, 4.69) is 14.3 Å². The zero-order chi connectivity index (χ0) is 23.0. The van der Waals surface area contributed by atoms with Crippen molar-refractivity contribution < 1.29 is 22.7 Å². The number of nitrogens with one attached hydrogen (secondary N) is 1. The third-order valence-electron chi connectivity index (χ3n) is 5.37. The minimum atomic E-state index is -4.07. The molecule has 1 aliphatic heterocycles. The number of esters is 1. The fourth-order valence-electron chi connectivity index (χ4n) is 3.52. The molecule has 9 nitrogen and oxygen atoms in total. The van der Waals surface area contributed by atoms with Crippen LogP contribution in [0.4, 0.5) is 5.69 Å². The molecule has 0 fully saturated rings. The molecule has 0 spiro atoms. The third kappa shape index (κ3) is 4.00. The van der Waals surface area contributed by atoms with Crippen LogP contribution in [-0.2, 0) is 27.7 Å². The van der Waals surface area contributed by atoms with Crippen molar-refractivity contribution >= 4 is 50.5 Å². The number of thiophene rings is 1. The second-order valence-electron chi connectivity index (χ2n) is 7.28. The van der Waals surface area contributed by atoms with Crippen LogP contribution in [0.5, 0.6) is 0 Å². The van der Waals surface area contributed by atoms with Crippen molar-refractivity contribution in [1.82, 2.24) is 14.5 Å². The van der Waals surface area contributed by atoms with Crippen LogP contribution in [0.15, 0.2) is 27.8 Å². The van der Waals surface area contributed by atoms with Crippen LogP contribution in [-0.4, -0.2) is 48.4 Å². The predicted octanol–water partition coefficient (Wildman–Crippen LogP) is 3.00. The SMILES string of the molecule is COC(=O)c1c(S(=O)(=O)Nc2cccc(C)c2C)sc2c1CCN(C(=O)c1csnn1)C2. The lowest BCUT2D eigenvalue weighted by molar-refractivity contribution is 0.0595. The van der Waals surface area contributed by atoms with E-state index in [9.17, 15) is 18.0 Å². The van der Waals surface area contributed by atoms with Crippen LogP contribution in [0.25, 0.3) is 0 Å². The second kappa shape index (κ2) is 8.60. The van der Waals surface area contributed by atoms with Crippen LogP contribution in [0.3, 0.4) is 0 Å². The lowest BCUT2D eigenvalue weighted by atomic mass is 10.0. The van der Waals surface area contributed by atoms with Gasteiger partial charge in [-0.05, 0) is 54.6 Å². The molecule has 3 heterocycles. The number of hydrogen-bond donors (Lipinski definition) is 1. The lowest BCUT2D eigenvalue weighted by Crippen LogP contribution is -2.36.